The molecule has 128 valence electrons. The first-order chi connectivity index (χ1) is 11.9. The number of nitrogens with one attached hydrogen (secondary N) is 1. The fourth-order valence-electron chi connectivity index (χ4n) is 2.40. The molecule has 25 heavy (non-hydrogen) atoms. The first-order valence-corrected chi connectivity index (χ1v) is 9.06. The molecule has 3 rings (SSSR count). The molecule has 4 nitrogen and oxygen atoms in total. The first-order valence-electron chi connectivity index (χ1n) is 8.18. The molecule has 0 saturated heterocycles. The Morgan fingerprint density at radius 1 is 1.08 bits per heavy atom. The van der Waals surface area contributed by atoms with Crippen molar-refractivity contribution in [1.82, 2.24) is 15.3 Å². The SMILES string of the molecule is CC(C)(C)c1ccc(C(=O)NCc2nc(-c3ccccn3)cs2)cc1. The standard InChI is InChI=1S/C20H21N3OS/c1-20(2,3)15-9-7-14(8-10-15)19(24)22-12-18-23-17(13-25-18)16-6-4-5-11-21-16/h4-11,13H,12H2,1-3H3,(H,22,24). The second-order valence-electron chi connectivity index (χ2n) is 6.85. The third-order valence-electron chi connectivity index (χ3n) is 3.89. The topological polar surface area (TPSA) is 54.9 Å². The molecule has 2 aromatic heterocycles. The maximum absolute atomic E-state index is 12.3. The number of rotatable bonds is 4. The molecule has 1 amide bonds. The quantitative estimate of drug-likeness (QED) is 0.756. The molecule has 0 atom stereocenters. The van der Waals surface area contributed by atoms with Gasteiger partial charge in [0.1, 0.15) is 5.01 Å². The number of nitrogens with zero attached hydrogens (tertiary/aromatic N) is 2. The third-order valence-corrected chi connectivity index (χ3v) is 4.74. The van der Waals surface area contributed by atoms with E-state index in [9.17, 15) is 4.79 Å². The second-order valence-corrected chi connectivity index (χ2v) is 7.79. The first kappa shape index (κ1) is 17.3. The Balaban J connectivity index is 1.62. The lowest BCUT2D eigenvalue weighted by Gasteiger charge is -2.19. The number of amides is 1. The van der Waals surface area contributed by atoms with E-state index in [1.54, 1.807) is 6.20 Å². The number of hydrogen-bond donors (Lipinski definition) is 1. The molecule has 0 aliphatic carbocycles. The molecule has 1 aromatic carbocycles. The molecular formula is C20H21N3OS. The van der Waals surface area contributed by atoms with Crippen LogP contribution in [0.4, 0.5) is 0 Å². The van der Waals surface area contributed by atoms with Crippen LogP contribution in [0.1, 0.15) is 41.7 Å². The molecule has 0 bridgehead atoms. The summed E-state index contributed by atoms with van der Waals surface area (Å²) < 4.78 is 0. The smallest absolute Gasteiger partial charge is 0.251 e. The number of benzene rings is 1. The number of carbonyl (C=O) groups is 1. The van der Waals surface area contributed by atoms with Crippen molar-refractivity contribution >= 4 is 17.2 Å². The second kappa shape index (κ2) is 7.15. The Hall–Kier alpha value is -2.53. The molecule has 0 aliphatic rings. The van der Waals surface area contributed by atoms with E-state index in [4.69, 9.17) is 0 Å². The highest BCUT2D eigenvalue weighted by molar-refractivity contribution is 7.09. The lowest BCUT2D eigenvalue weighted by molar-refractivity contribution is 0.0951. The van der Waals surface area contributed by atoms with E-state index in [0.717, 1.165) is 16.4 Å². The summed E-state index contributed by atoms with van der Waals surface area (Å²) in [5.41, 5.74) is 3.63. The molecule has 0 spiro atoms. The van der Waals surface area contributed by atoms with Crippen molar-refractivity contribution in [1.29, 1.82) is 0 Å². The summed E-state index contributed by atoms with van der Waals surface area (Å²) in [7, 11) is 0. The van der Waals surface area contributed by atoms with Crippen LogP contribution in [0.5, 0.6) is 0 Å². The van der Waals surface area contributed by atoms with Gasteiger partial charge in [0.15, 0.2) is 0 Å². The number of pyridine rings is 1. The van der Waals surface area contributed by atoms with Crippen LogP contribution in [0.25, 0.3) is 11.4 Å². The molecule has 0 radical (unpaired) electrons. The summed E-state index contributed by atoms with van der Waals surface area (Å²) >= 11 is 1.52. The number of hydrogen-bond acceptors (Lipinski definition) is 4. The van der Waals surface area contributed by atoms with Crippen LogP contribution in [-0.4, -0.2) is 15.9 Å². The van der Waals surface area contributed by atoms with Crippen LogP contribution in [0.3, 0.4) is 0 Å². The van der Waals surface area contributed by atoms with Crippen molar-refractivity contribution in [2.45, 2.75) is 32.7 Å². The summed E-state index contributed by atoms with van der Waals surface area (Å²) in [5, 5.41) is 5.75. The molecule has 2 heterocycles. The normalized spacial score (nSPS) is 11.3. The van der Waals surface area contributed by atoms with Gasteiger partial charge in [-0.3, -0.25) is 9.78 Å². The molecule has 0 aliphatic heterocycles. The van der Waals surface area contributed by atoms with Crippen molar-refractivity contribution < 1.29 is 4.79 Å². The number of carbonyl (C=O) groups excluding carboxylic acids is 1. The van der Waals surface area contributed by atoms with Gasteiger partial charge in [-0.1, -0.05) is 39.0 Å². The highest BCUT2D eigenvalue weighted by Gasteiger charge is 2.14. The van der Waals surface area contributed by atoms with E-state index in [0.29, 0.717) is 12.1 Å². The lowest BCUT2D eigenvalue weighted by Crippen LogP contribution is -2.23. The summed E-state index contributed by atoms with van der Waals surface area (Å²) in [6.45, 7) is 6.88. The van der Waals surface area contributed by atoms with E-state index in [1.807, 2.05) is 47.8 Å². The van der Waals surface area contributed by atoms with Gasteiger partial charge in [-0.15, -0.1) is 11.3 Å². The van der Waals surface area contributed by atoms with Gasteiger partial charge in [-0.25, -0.2) is 4.98 Å². The van der Waals surface area contributed by atoms with Crippen molar-refractivity contribution in [3.8, 4) is 11.4 Å². The van der Waals surface area contributed by atoms with E-state index < -0.39 is 0 Å². The lowest BCUT2D eigenvalue weighted by atomic mass is 9.87. The maximum Gasteiger partial charge on any atom is 0.251 e. The minimum Gasteiger partial charge on any atom is -0.346 e. The zero-order chi connectivity index (χ0) is 17.9. The third kappa shape index (κ3) is 4.31. The maximum atomic E-state index is 12.3. The summed E-state index contributed by atoms with van der Waals surface area (Å²) in [5.74, 6) is -0.0879. The Labute approximate surface area is 152 Å². The van der Waals surface area contributed by atoms with Crippen LogP contribution < -0.4 is 5.32 Å². The highest BCUT2D eigenvalue weighted by Crippen LogP contribution is 2.22. The van der Waals surface area contributed by atoms with Crippen LogP contribution in [-0.2, 0) is 12.0 Å². The van der Waals surface area contributed by atoms with Gasteiger partial charge in [0.2, 0.25) is 0 Å². The molecule has 5 heteroatoms. The van der Waals surface area contributed by atoms with E-state index in [2.05, 4.69) is 36.1 Å². The van der Waals surface area contributed by atoms with Crippen LogP contribution >= 0.6 is 11.3 Å². The van der Waals surface area contributed by atoms with Crippen molar-refractivity contribution in [2.75, 3.05) is 0 Å². The number of aromatic nitrogens is 2. The van der Waals surface area contributed by atoms with Gasteiger partial charge in [0.05, 0.1) is 17.9 Å². The minimum absolute atomic E-state index is 0.0811. The summed E-state index contributed by atoms with van der Waals surface area (Å²) in [4.78, 5) is 21.1. The van der Waals surface area contributed by atoms with Crippen LogP contribution in [0, 0.1) is 0 Å². The van der Waals surface area contributed by atoms with Gasteiger partial charge in [0.25, 0.3) is 5.91 Å². The van der Waals surface area contributed by atoms with Crippen LogP contribution in [0.15, 0.2) is 54.0 Å². The average molecular weight is 351 g/mol. The van der Waals surface area contributed by atoms with E-state index in [-0.39, 0.29) is 11.3 Å². The Bertz CT molecular complexity index is 849. The summed E-state index contributed by atoms with van der Waals surface area (Å²) in [6, 6.07) is 13.5. The van der Waals surface area contributed by atoms with E-state index in [1.165, 1.54) is 16.9 Å². The average Bonchev–Trinajstić information content (AvgIpc) is 3.09. The largest absolute Gasteiger partial charge is 0.346 e. The van der Waals surface area contributed by atoms with Crippen molar-refractivity contribution in [2.24, 2.45) is 0 Å². The fourth-order valence-corrected chi connectivity index (χ4v) is 3.13. The van der Waals surface area contributed by atoms with Gasteiger partial charge in [-0.05, 0) is 35.2 Å². The zero-order valence-electron chi connectivity index (χ0n) is 14.6. The predicted octanol–water partition coefficient (Wildman–Crippen LogP) is 4.43. The van der Waals surface area contributed by atoms with Gasteiger partial charge >= 0.3 is 0 Å². The molecule has 0 unspecified atom stereocenters. The molecule has 3 aromatic rings. The highest BCUT2D eigenvalue weighted by atomic mass is 32.1. The van der Waals surface area contributed by atoms with Crippen molar-refractivity contribution in [3.05, 3.63) is 70.2 Å². The summed E-state index contributed by atoms with van der Waals surface area (Å²) in [6.07, 6.45) is 1.75. The zero-order valence-corrected chi connectivity index (χ0v) is 15.4. The van der Waals surface area contributed by atoms with Gasteiger partial charge < -0.3 is 5.32 Å². The van der Waals surface area contributed by atoms with Crippen molar-refractivity contribution in [3.63, 3.8) is 0 Å². The fraction of sp³-hybridized carbons (Fsp3) is 0.250. The van der Waals surface area contributed by atoms with E-state index >= 15 is 0 Å². The van der Waals surface area contributed by atoms with Gasteiger partial charge in [0, 0.05) is 17.1 Å². The Morgan fingerprint density at radius 2 is 1.84 bits per heavy atom. The predicted molar refractivity (Wildman–Crippen MR) is 102 cm³/mol. The minimum atomic E-state index is -0.0879. The molecule has 1 N–H and O–H groups in total. The van der Waals surface area contributed by atoms with Crippen LogP contribution in [0.2, 0.25) is 0 Å². The Morgan fingerprint density at radius 3 is 2.48 bits per heavy atom. The number of thiazole rings is 1. The molecule has 0 saturated carbocycles. The molecular weight excluding hydrogens is 330 g/mol. The monoisotopic (exact) mass is 351 g/mol. The Kier molecular flexibility index (Phi) is 4.95. The molecule has 0 fully saturated rings. The van der Waals surface area contributed by atoms with Gasteiger partial charge in [-0.2, -0.15) is 0 Å².